The molecule has 15 heavy (non-hydrogen) atoms. The number of rotatable bonds is 4. The highest BCUT2D eigenvalue weighted by atomic mass is 35.8. The second-order valence-corrected chi connectivity index (χ2v) is 12.1. The molecule has 1 atom stereocenters. The molecule has 0 radical (unpaired) electrons. The number of hydrogen-bond acceptors (Lipinski definition) is 0. The molecule has 1 unspecified atom stereocenters. The van der Waals surface area contributed by atoms with E-state index in [-0.39, 0.29) is 6.42 Å². The van der Waals surface area contributed by atoms with Gasteiger partial charge in [-0.3, -0.25) is 0 Å². The summed E-state index contributed by atoms with van der Waals surface area (Å²) in [7, 11) is 0. The molecule has 0 nitrogen and oxygen atoms in total. The Morgan fingerprint density at radius 3 is 1.67 bits per heavy atom. The zero-order chi connectivity index (χ0) is 12.5. The van der Waals surface area contributed by atoms with Gasteiger partial charge in [0, 0.05) is 12.0 Å². The van der Waals surface area contributed by atoms with Gasteiger partial charge in [-0.15, -0.1) is 33.2 Å². The summed E-state index contributed by atoms with van der Waals surface area (Å²) in [5, 5.41) is 0. The quantitative estimate of drug-likeness (QED) is 0.389. The van der Waals surface area contributed by atoms with Crippen LogP contribution in [0.5, 0.6) is 0 Å². The largest absolute Gasteiger partial charge is 0.453 e. The number of hydrogen-bond donors (Lipinski definition) is 0. The summed E-state index contributed by atoms with van der Waals surface area (Å²) in [5.41, 5.74) is -1.21. The van der Waals surface area contributed by atoms with Crippen LogP contribution in [0.2, 0.25) is 5.54 Å². The van der Waals surface area contributed by atoms with Crippen molar-refractivity contribution in [1.29, 1.82) is 0 Å². The highest BCUT2D eigenvalue weighted by Crippen LogP contribution is 2.48. The van der Waals surface area contributed by atoms with Crippen LogP contribution < -0.4 is 0 Å². The minimum absolute atomic E-state index is 0.0195. The molecule has 0 heterocycles. The smallest absolute Gasteiger partial charge is 0.196 e. The average molecular weight is 310 g/mol. The van der Waals surface area contributed by atoms with Crippen LogP contribution in [0, 0.1) is 0 Å². The van der Waals surface area contributed by atoms with Gasteiger partial charge in [-0.1, -0.05) is 13.3 Å². The summed E-state index contributed by atoms with van der Waals surface area (Å²) >= 11 is 16.3. The first-order valence-corrected chi connectivity index (χ1v) is 9.04. The summed E-state index contributed by atoms with van der Waals surface area (Å²) in [6.07, 6.45) is -7.07. The van der Waals surface area contributed by atoms with Gasteiger partial charge in [0.25, 0.3) is 0 Å². The van der Waals surface area contributed by atoms with Crippen molar-refractivity contribution in [2.24, 2.45) is 0 Å². The van der Waals surface area contributed by atoms with E-state index >= 15 is 0 Å². The molecule has 0 N–H and O–H groups in total. The van der Waals surface area contributed by atoms with Gasteiger partial charge in [-0.05, 0) is 0 Å². The topological polar surface area (TPSA) is 0 Å². The molecule has 0 amide bonds. The fraction of sp³-hybridized carbons (Fsp3) is 1.00. The summed E-state index contributed by atoms with van der Waals surface area (Å²) < 4.78 is 60.8. The molecule has 0 saturated heterocycles. The van der Waals surface area contributed by atoms with Crippen molar-refractivity contribution in [2.75, 3.05) is 0 Å². The Morgan fingerprint density at radius 1 is 1.07 bits per heavy atom. The Balaban J connectivity index is 4.70. The van der Waals surface area contributed by atoms with Crippen molar-refractivity contribution in [3.05, 3.63) is 0 Å². The van der Waals surface area contributed by atoms with Gasteiger partial charge in [0.2, 0.25) is 0 Å². The Kier molecular flexibility index (Phi) is 5.18. The van der Waals surface area contributed by atoms with E-state index in [1.807, 2.05) is 0 Å². The van der Waals surface area contributed by atoms with Crippen molar-refractivity contribution in [3.8, 4) is 0 Å². The fourth-order valence-electron chi connectivity index (χ4n) is 0.917. The van der Waals surface area contributed by atoms with Crippen molar-refractivity contribution in [1.82, 2.24) is 0 Å². The van der Waals surface area contributed by atoms with E-state index in [1.165, 1.54) is 6.92 Å². The first-order valence-electron chi connectivity index (χ1n) is 3.93. The van der Waals surface area contributed by atoms with Crippen LogP contribution in [-0.4, -0.2) is 18.1 Å². The SMILES string of the molecule is CCC(CC(F)(F)C(F)(F)F)[Si](Cl)(Cl)Cl. The minimum Gasteiger partial charge on any atom is -0.196 e. The lowest BCUT2D eigenvalue weighted by Crippen LogP contribution is -2.39. The van der Waals surface area contributed by atoms with Gasteiger partial charge in [-0.2, -0.15) is 22.0 Å². The maximum atomic E-state index is 12.6. The third-order valence-electron chi connectivity index (χ3n) is 1.87. The summed E-state index contributed by atoms with van der Waals surface area (Å²) in [4.78, 5) is 0. The zero-order valence-corrected chi connectivity index (χ0v) is 10.8. The molecule has 0 aliphatic heterocycles. The molecule has 0 bridgehead atoms. The molecule has 0 aromatic rings. The van der Waals surface area contributed by atoms with Gasteiger partial charge >= 0.3 is 18.1 Å². The van der Waals surface area contributed by atoms with Crippen molar-refractivity contribution >= 4 is 39.2 Å². The van der Waals surface area contributed by atoms with Gasteiger partial charge in [0.1, 0.15) is 0 Å². The van der Waals surface area contributed by atoms with Crippen LogP contribution in [0.1, 0.15) is 19.8 Å². The van der Waals surface area contributed by atoms with Crippen LogP contribution in [0.15, 0.2) is 0 Å². The van der Waals surface area contributed by atoms with Gasteiger partial charge < -0.3 is 0 Å². The van der Waals surface area contributed by atoms with Crippen molar-refractivity contribution in [3.63, 3.8) is 0 Å². The fourth-order valence-corrected chi connectivity index (χ4v) is 3.95. The summed E-state index contributed by atoms with van der Waals surface area (Å²) in [6, 6.07) is -3.54. The molecule has 0 aromatic carbocycles. The molecule has 0 rings (SSSR count). The predicted molar refractivity (Wildman–Crippen MR) is 53.0 cm³/mol. The number of alkyl halides is 5. The highest BCUT2D eigenvalue weighted by molar-refractivity contribution is 7.65. The maximum absolute atomic E-state index is 12.6. The van der Waals surface area contributed by atoms with Crippen molar-refractivity contribution in [2.45, 2.75) is 37.4 Å². The van der Waals surface area contributed by atoms with E-state index in [0.717, 1.165) is 0 Å². The zero-order valence-electron chi connectivity index (χ0n) is 7.52. The standard InChI is InChI=1S/C6H8Cl3F5Si/c1-2-4(15(7,8)9)3-5(10,11)6(12,13)14/h4H,2-3H2,1H3. The van der Waals surface area contributed by atoms with Crippen LogP contribution in [0.3, 0.4) is 0 Å². The Labute approximate surface area is 98.8 Å². The second-order valence-electron chi connectivity index (χ2n) is 3.05. The van der Waals surface area contributed by atoms with Crippen LogP contribution >= 0.6 is 33.2 Å². The minimum atomic E-state index is -5.59. The first-order chi connectivity index (χ1) is 6.42. The predicted octanol–water partition coefficient (Wildman–Crippen LogP) is 5.01. The van der Waals surface area contributed by atoms with Gasteiger partial charge in [-0.25, -0.2) is 0 Å². The third-order valence-corrected chi connectivity index (χ3v) is 6.19. The lowest BCUT2D eigenvalue weighted by atomic mass is 10.1. The lowest BCUT2D eigenvalue weighted by molar-refractivity contribution is -0.284. The molecule has 0 aliphatic carbocycles. The van der Waals surface area contributed by atoms with Crippen LogP contribution in [0.4, 0.5) is 22.0 Å². The van der Waals surface area contributed by atoms with E-state index in [9.17, 15) is 22.0 Å². The second kappa shape index (κ2) is 4.94. The molecule has 0 fully saturated rings. The van der Waals surface area contributed by atoms with E-state index in [0.29, 0.717) is 0 Å². The van der Waals surface area contributed by atoms with Crippen LogP contribution in [0.25, 0.3) is 0 Å². The molecule has 0 aliphatic rings. The molecule has 92 valence electrons. The van der Waals surface area contributed by atoms with E-state index < -0.39 is 30.1 Å². The lowest BCUT2D eigenvalue weighted by Gasteiger charge is -2.27. The van der Waals surface area contributed by atoms with Crippen molar-refractivity contribution < 1.29 is 22.0 Å². The van der Waals surface area contributed by atoms with E-state index in [1.54, 1.807) is 0 Å². The number of halogens is 8. The third kappa shape index (κ3) is 4.62. The highest BCUT2D eigenvalue weighted by Gasteiger charge is 2.59. The van der Waals surface area contributed by atoms with Crippen LogP contribution in [-0.2, 0) is 0 Å². The Morgan fingerprint density at radius 2 is 1.47 bits per heavy atom. The van der Waals surface area contributed by atoms with Gasteiger partial charge in [0.15, 0.2) is 0 Å². The Hall–Kier alpha value is 0.737. The molecule has 0 saturated carbocycles. The normalized spacial score (nSPS) is 16.6. The van der Waals surface area contributed by atoms with Gasteiger partial charge in [0.05, 0.1) is 0 Å². The summed E-state index contributed by atoms with van der Waals surface area (Å²) in [5.74, 6) is -4.80. The summed E-state index contributed by atoms with van der Waals surface area (Å²) in [6.45, 7) is 1.41. The molecule has 0 spiro atoms. The molecule has 0 aromatic heterocycles. The Bertz CT molecular complexity index is 212. The molecular weight excluding hydrogens is 302 g/mol. The van der Waals surface area contributed by atoms with E-state index in [2.05, 4.69) is 0 Å². The monoisotopic (exact) mass is 308 g/mol. The first kappa shape index (κ1) is 15.7. The molecule has 9 heteroatoms. The van der Waals surface area contributed by atoms with E-state index in [4.69, 9.17) is 33.2 Å². The average Bonchev–Trinajstić information content (AvgIpc) is 1.95. The molecular formula is C6H8Cl3F5Si. The maximum Gasteiger partial charge on any atom is 0.453 e.